The van der Waals surface area contributed by atoms with Crippen molar-refractivity contribution in [3.63, 3.8) is 0 Å². The number of fused-ring (bicyclic) bond motifs is 1. The molecule has 3 aromatic rings. The maximum Gasteiger partial charge on any atom is 0.244 e. The Labute approximate surface area is 158 Å². The summed E-state index contributed by atoms with van der Waals surface area (Å²) in [5, 5.41) is 10.4. The summed E-state index contributed by atoms with van der Waals surface area (Å²) < 4.78 is 17.6. The smallest absolute Gasteiger partial charge is 0.244 e. The second kappa shape index (κ2) is 7.68. The van der Waals surface area contributed by atoms with Gasteiger partial charge in [-0.2, -0.15) is 0 Å². The second-order valence-electron chi connectivity index (χ2n) is 6.53. The van der Waals surface area contributed by atoms with Gasteiger partial charge in [0.05, 0.1) is 18.7 Å². The maximum atomic E-state index is 10.4. The molecule has 0 fully saturated rings. The van der Waals surface area contributed by atoms with E-state index < -0.39 is 12.4 Å². The van der Waals surface area contributed by atoms with Gasteiger partial charge in [0.15, 0.2) is 0 Å². The van der Waals surface area contributed by atoms with Crippen molar-refractivity contribution in [2.24, 2.45) is 0 Å². The molecule has 5 nitrogen and oxygen atoms in total. The Morgan fingerprint density at radius 1 is 1.07 bits per heavy atom. The molecule has 0 amide bonds. The molecule has 1 N–H and O–H groups in total. The summed E-state index contributed by atoms with van der Waals surface area (Å²) in [4.78, 5) is 4.21. The first-order valence-electron chi connectivity index (χ1n) is 8.92. The Bertz CT molecular complexity index is 896. The fraction of sp³-hybridized carbons (Fsp3) is 0.227. The van der Waals surface area contributed by atoms with Crippen molar-refractivity contribution in [2.45, 2.75) is 32.3 Å². The van der Waals surface area contributed by atoms with Gasteiger partial charge in [-0.3, -0.25) is 4.98 Å². The van der Waals surface area contributed by atoms with E-state index in [2.05, 4.69) is 4.98 Å². The van der Waals surface area contributed by atoms with Crippen LogP contribution in [0.25, 0.3) is 0 Å². The molecule has 5 heteroatoms. The van der Waals surface area contributed by atoms with Crippen LogP contribution in [0.5, 0.6) is 17.2 Å². The Kier molecular flexibility index (Phi) is 4.94. The number of pyridine rings is 1. The maximum absolute atomic E-state index is 10.4. The van der Waals surface area contributed by atoms with Crippen LogP contribution in [-0.2, 0) is 6.61 Å². The lowest BCUT2D eigenvalue weighted by Crippen LogP contribution is -2.30. The lowest BCUT2D eigenvalue weighted by atomic mass is 10.0. The van der Waals surface area contributed by atoms with E-state index in [9.17, 15) is 5.11 Å². The van der Waals surface area contributed by atoms with Crippen LogP contribution in [0.4, 0.5) is 0 Å². The highest BCUT2D eigenvalue weighted by molar-refractivity contribution is 5.43. The number of hydrogen-bond donors (Lipinski definition) is 1. The summed E-state index contributed by atoms with van der Waals surface area (Å²) in [6.07, 6.45) is 0.771. The molecule has 2 aromatic carbocycles. The van der Waals surface area contributed by atoms with E-state index in [1.54, 1.807) is 12.3 Å². The molecule has 0 spiro atoms. The predicted octanol–water partition coefficient (Wildman–Crippen LogP) is 4.19. The van der Waals surface area contributed by atoms with Crippen molar-refractivity contribution >= 4 is 0 Å². The van der Waals surface area contributed by atoms with Crippen molar-refractivity contribution < 1.29 is 19.3 Å². The van der Waals surface area contributed by atoms with Crippen molar-refractivity contribution in [3.8, 4) is 17.2 Å². The third-order valence-corrected chi connectivity index (χ3v) is 4.42. The summed E-state index contributed by atoms with van der Waals surface area (Å²) in [6, 6.07) is 19.1. The fourth-order valence-electron chi connectivity index (χ4n) is 2.97. The first kappa shape index (κ1) is 17.4. The summed E-state index contributed by atoms with van der Waals surface area (Å²) in [7, 11) is 0. The van der Waals surface area contributed by atoms with Crippen LogP contribution in [0.3, 0.4) is 0 Å². The molecule has 2 atom stereocenters. The standard InChI is InChI=1S/C22H21NO4/c1-15-7-8-18(13-23-15)26-22-12-20(24)19-10-9-17(11-21(19)27-22)25-14-16-5-3-2-4-6-16/h2-11,13,20,22,24H,12,14H2,1H3. The summed E-state index contributed by atoms with van der Waals surface area (Å²) in [6.45, 7) is 2.38. The molecular formula is C22H21NO4. The second-order valence-corrected chi connectivity index (χ2v) is 6.53. The van der Waals surface area contributed by atoms with E-state index >= 15 is 0 Å². The number of hydrogen-bond acceptors (Lipinski definition) is 5. The third kappa shape index (κ3) is 4.20. The Morgan fingerprint density at radius 2 is 1.89 bits per heavy atom. The molecule has 0 radical (unpaired) electrons. The molecule has 27 heavy (non-hydrogen) atoms. The number of ether oxygens (including phenoxy) is 3. The van der Waals surface area contributed by atoms with Gasteiger partial charge in [0.2, 0.25) is 6.29 Å². The number of aliphatic hydroxyl groups is 1. The molecule has 4 rings (SSSR count). The van der Waals surface area contributed by atoms with Crippen LogP contribution >= 0.6 is 0 Å². The van der Waals surface area contributed by atoms with Crippen molar-refractivity contribution in [3.05, 3.63) is 83.7 Å². The van der Waals surface area contributed by atoms with E-state index in [1.807, 2.05) is 61.5 Å². The van der Waals surface area contributed by atoms with Gasteiger partial charge in [-0.15, -0.1) is 0 Å². The molecule has 0 bridgehead atoms. The minimum Gasteiger partial charge on any atom is -0.489 e. The van der Waals surface area contributed by atoms with Gasteiger partial charge >= 0.3 is 0 Å². The highest BCUT2D eigenvalue weighted by Crippen LogP contribution is 2.37. The Balaban J connectivity index is 1.46. The van der Waals surface area contributed by atoms with E-state index in [0.29, 0.717) is 30.3 Å². The van der Waals surface area contributed by atoms with Crippen LogP contribution in [-0.4, -0.2) is 16.4 Å². The monoisotopic (exact) mass is 363 g/mol. The van der Waals surface area contributed by atoms with Crippen LogP contribution in [0.15, 0.2) is 66.9 Å². The van der Waals surface area contributed by atoms with Crippen LogP contribution in [0.1, 0.15) is 29.3 Å². The van der Waals surface area contributed by atoms with Crippen molar-refractivity contribution in [1.29, 1.82) is 0 Å². The molecule has 0 aliphatic carbocycles. The van der Waals surface area contributed by atoms with Crippen LogP contribution < -0.4 is 14.2 Å². The van der Waals surface area contributed by atoms with E-state index in [4.69, 9.17) is 14.2 Å². The largest absolute Gasteiger partial charge is 0.489 e. The third-order valence-electron chi connectivity index (χ3n) is 4.42. The number of aromatic nitrogens is 1. The number of benzene rings is 2. The lowest BCUT2D eigenvalue weighted by molar-refractivity contribution is -0.0502. The Morgan fingerprint density at radius 3 is 2.67 bits per heavy atom. The van der Waals surface area contributed by atoms with Crippen molar-refractivity contribution in [1.82, 2.24) is 4.98 Å². The van der Waals surface area contributed by atoms with Crippen molar-refractivity contribution in [2.75, 3.05) is 0 Å². The normalized spacial score (nSPS) is 18.3. The van der Waals surface area contributed by atoms with Crippen LogP contribution in [0, 0.1) is 6.92 Å². The lowest BCUT2D eigenvalue weighted by Gasteiger charge is -2.30. The molecule has 1 aliphatic heterocycles. The SMILES string of the molecule is Cc1ccc(OC2CC(O)c3ccc(OCc4ccccc4)cc3O2)cn1. The summed E-state index contributed by atoms with van der Waals surface area (Å²) >= 11 is 0. The average Bonchev–Trinajstić information content (AvgIpc) is 2.69. The molecule has 1 aliphatic rings. The minimum absolute atomic E-state index is 0.352. The van der Waals surface area contributed by atoms with Gasteiger partial charge in [0, 0.05) is 17.3 Å². The zero-order valence-electron chi connectivity index (χ0n) is 15.0. The quantitative estimate of drug-likeness (QED) is 0.736. The van der Waals surface area contributed by atoms with E-state index in [1.165, 1.54) is 0 Å². The molecule has 0 saturated heterocycles. The van der Waals surface area contributed by atoms with Gasteiger partial charge in [-0.25, -0.2) is 0 Å². The first-order chi connectivity index (χ1) is 13.2. The highest BCUT2D eigenvalue weighted by Gasteiger charge is 2.28. The van der Waals surface area contributed by atoms with Gasteiger partial charge in [0.1, 0.15) is 23.9 Å². The van der Waals surface area contributed by atoms with Crippen LogP contribution in [0.2, 0.25) is 0 Å². The first-order valence-corrected chi connectivity index (χ1v) is 8.92. The molecule has 2 heterocycles. The highest BCUT2D eigenvalue weighted by atomic mass is 16.7. The number of aryl methyl sites for hydroxylation is 1. The molecular weight excluding hydrogens is 342 g/mol. The number of nitrogens with zero attached hydrogens (tertiary/aromatic N) is 1. The zero-order valence-corrected chi connectivity index (χ0v) is 15.0. The van der Waals surface area contributed by atoms with Gasteiger partial charge in [-0.05, 0) is 36.8 Å². The summed E-state index contributed by atoms with van der Waals surface area (Å²) in [5.74, 6) is 1.87. The van der Waals surface area contributed by atoms with E-state index in [-0.39, 0.29) is 0 Å². The zero-order chi connectivity index (χ0) is 18.6. The van der Waals surface area contributed by atoms with E-state index in [0.717, 1.165) is 16.8 Å². The van der Waals surface area contributed by atoms with Gasteiger partial charge in [-0.1, -0.05) is 30.3 Å². The molecule has 2 unspecified atom stereocenters. The number of rotatable bonds is 5. The van der Waals surface area contributed by atoms with Gasteiger partial charge in [0.25, 0.3) is 0 Å². The fourth-order valence-corrected chi connectivity index (χ4v) is 2.97. The minimum atomic E-state index is -0.652. The Hall–Kier alpha value is -3.05. The topological polar surface area (TPSA) is 60.8 Å². The molecule has 1 aromatic heterocycles. The predicted molar refractivity (Wildman–Crippen MR) is 101 cm³/mol. The average molecular weight is 363 g/mol. The summed E-state index contributed by atoms with van der Waals surface area (Å²) in [5.41, 5.74) is 2.74. The molecule has 138 valence electrons. The van der Waals surface area contributed by atoms with Gasteiger partial charge < -0.3 is 19.3 Å². The number of aliphatic hydroxyl groups excluding tert-OH is 1. The molecule has 0 saturated carbocycles.